The van der Waals surface area contributed by atoms with E-state index < -0.39 is 0 Å². The fourth-order valence-electron chi connectivity index (χ4n) is 0.569. The summed E-state index contributed by atoms with van der Waals surface area (Å²) in [6.45, 7) is 0.299. The van der Waals surface area contributed by atoms with E-state index in [1.807, 2.05) is 0 Å². The summed E-state index contributed by atoms with van der Waals surface area (Å²) in [4.78, 5) is 9.74. The van der Waals surface area contributed by atoms with Gasteiger partial charge in [-0.25, -0.2) is 4.39 Å². The first-order chi connectivity index (χ1) is 4.83. The van der Waals surface area contributed by atoms with Crippen LogP contribution in [0.15, 0.2) is 24.3 Å². The molecule has 1 aromatic rings. The van der Waals surface area contributed by atoms with Crippen LogP contribution in [-0.4, -0.2) is 16.6 Å². The van der Waals surface area contributed by atoms with Gasteiger partial charge in [0.25, 0.3) is 6.47 Å². The van der Waals surface area contributed by atoms with E-state index in [0.717, 1.165) is 0 Å². The predicted molar refractivity (Wildman–Crippen MR) is 41.1 cm³/mol. The van der Waals surface area contributed by atoms with Crippen LogP contribution < -0.4 is 4.74 Å². The first-order valence-electron chi connectivity index (χ1n) is 2.69. The normalized spacial score (nSPS) is 8.09. The van der Waals surface area contributed by atoms with Gasteiger partial charge in [0.1, 0.15) is 11.6 Å². The number of rotatable bonds is 2. The van der Waals surface area contributed by atoms with Crippen molar-refractivity contribution in [1.82, 2.24) is 0 Å². The Bertz CT molecular complexity index is 230. The number of ether oxygens (including phenoxy) is 1. The standard InChI is InChI=1S/C7H5FO2.Be.2H/c8-6-1-3-7(4-2-6)10-5-9;;;/h1-5H;;;/q;+2;2*-1. The van der Waals surface area contributed by atoms with Crippen LogP contribution >= 0.6 is 0 Å². The summed E-state index contributed by atoms with van der Waals surface area (Å²) in [6.07, 6.45) is 0. The topological polar surface area (TPSA) is 26.3 Å². The third-order valence-corrected chi connectivity index (χ3v) is 0.998. The van der Waals surface area contributed by atoms with E-state index in [4.69, 9.17) is 0 Å². The molecule has 11 heavy (non-hydrogen) atoms. The number of hydrogen-bond acceptors (Lipinski definition) is 2. The van der Waals surface area contributed by atoms with Gasteiger partial charge in [0.05, 0.1) is 0 Å². The molecule has 0 radical (unpaired) electrons. The van der Waals surface area contributed by atoms with E-state index in [9.17, 15) is 9.18 Å². The van der Waals surface area contributed by atoms with Gasteiger partial charge < -0.3 is 7.59 Å². The fourth-order valence-corrected chi connectivity index (χ4v) is 0.569. The van der Waals surface area contributed by atoms with Gasteiger partial charge in [0, 0.05) is 0 Å². The Morgan fingerprint density at radius 1 is 1.36 bits per heavy atom. The molecule has 0 saturated heterocycles. The van der Waals surface area contributed by atoms with Gasteiger partial charge in [0.2, 0.25) is 0 Å². The van der Waals surface area contributed by atoms with Crippen molar-refractivity contribution in [2.75, 3.05) is 0 Å². The molecule has 56 valence electrons. The number of carbonyl (C=O) groups is 1. The van der Waals surface area contributed by atoms with Crippen molar-refractivity contribution >= 4 is 16.6 Å². The maximum atomic E-state index is 12.2. The Kier molecular flexibility index (Phi) is 4.08. The minimum atomic E-state index is -0.349. The zero-order chi connectivity index (χ0) is 7.40. The van der Waals surface area contributed by atoms with E-state index >= 15 is 0 Å². The van der Waals surface area contributed by atoms with E-state index in [1.165, 1.54) is 24.3 Å². The van der Waals surface area contributed by atoms with Crippen molar-refractivity contribution in [3.8, 4) is 5.75 Å². The van der Waals surface area contributed by atoms with Crippen LogP contribution in [0.1, 0.15) is 2.85 Å². The largest absolute Gasteiger partial charge is 2.00 e. The summed E-state index contributed by atoms with van der Waals surface area (Å²) in [7, 11) is 0. The van der Waals surface area contributed by atoms with E-state index in [0.29, 0.717) is 12.2 Å². The quantitative estimate of drug-likeness (QED) is 0.469. The molecule has 0 N–H and O–H groups in total. The van der Waals surface area contributed by atoms with Gasteiger partial charge in [-0.15, -0.1) is 0 Å². The SMILES string of the molecule is O=COc1ccc(F)cc1.[Be+2].[H-].[H-]. The molecule has 0 atom stereocenters. The Hall–Kier alpha value is -1.21. The van der Waals surface area contributed by atoms with Gasteiger partial charge in [0.15, 0.2) is 0 Å². The Balaban J connectivity index is -0.000000333. The third-order valence-electron chi connectivity index (χ3n) is 0.998. The molecular weight excluding hydrogens is 144 g/mol. The van der Waals surface area contributed by atoms with Crippen molar-refractivity contribution < 1.29 is 16.8 Å². The molecule has 0 amide bonds. The second kappa shape index (κ2) is 4.58. The second-order valence-corrected chi connectivity index (χ2v) is 1.67. The van der Waals surface area contributed by atoms with Crippen LogP contribution in [0.3, 0.4) is 0 Å². The summed E-state index contributed by atoms with van der Waals surface area (Å²) < 4.78 is 16.6. The molecule has 1 aromatic carbocycles. The summed E-state index contributed by atoms with van der Waals surface area (Å²) in [5, 5.41) is 0. The summed E-state index contributed by atoms with van der Waals surface area (Å²) in [5.41, 5.74) is 0. The number of carbonyl (C=O) groups excluding carboxylic acids is 1. The van der Waals surface area contributed by atoms with E-state index in [1.54, 1.807) is 0 Å². The van der Waals surface area contributed by atoms with Gasteiger partial charge in [-0.2, -0.15) is 0 Å². The van der Waals surface area contributed by atoms with Crippen molar-refractivity contribution in [3.05, 3.63) is 30.1 Å². The zero-order valence-corrected chi connectivity index (χ0v) is 5.79. The molecule has 0 aliphatic heterocycles. The minimum absolute atomic E-state index is 0. The van der Waals surface area contributed by atoms with Gasteiger partial charge in [-0.05, 0) is 24.3 Å². The zero-order valence-electron chi connectivity index (χ0n) is 7.79. The van der Waals surface area contributed by atoms with E-state index in [2.05, 4.69) is 4.74 Å². The first-order valence-corrected chi connectivity index (χ1v) is 2.69. The molecule has 0 aromatic heterocycles. The molecule has 0 unspecified atom stereocenters. The summed E-state index contributed by atoms with van der Waals surface area (Å²) >= 11 is 0. The second-order valence-electron chi connectivity index (χ2n) is 1.67. The number of hydrogen-bond donors (Lipinski definition) is 0. The Labute approximate surface area is 70.2 Å². The smallest absolute Gasteiger partial charge is 1.00 e. The van der Waals surface area contributed by atoms with Crippen LogP contribution in [0.2, 0.25) is 0 Å². The van der Waals surface area contributed by atoms with Crippen LogP contribution in [-0.2, 0) is 4.79 Å². The van der Waals surface area contributed by atoms with Gasteiger partial charge in [-0.3, -0.25) is 4.79 Å². The van der Waals surface area contributed by atoms with Crippen molar-refractivity contribution in [2.45, 2.75) is 0 Å². The maximum absolute atomic E-state index is 12.2. The average Bonchev–Trinajstić information content (AvgIpc) is 1.95. The molecule has 2 nitrogen and oxygen atoms in total. The molecule has 4 heteroatoms. The fraction of sp³-hybridized carbons (Fsp3) is 0. The molecule has 1 rings (SSSR count). The molecule has 0 bridgehead atoms. The monoisotopic (exact) mass is 151 g/mol. The molecule has 0 saturated carbocycles. The van der Waals surface area contributed by atoms with E-state index in [-0.39, 0.29) is 18.8 Å². The maximum Gasteiger partial charge on any atom is 2.00 e. The number of benzene rings is 1. The predicted octanol–water partition coefficient (Wildman–Crippen LogP) is 1.21. The van der Waals surface area contributed by atoms with Crippen LogP contribution in [0, 0.1) is 5.82 Å². The molecule has 0 aliphatic rings. The number of halogens is 1. The van der Waals surface area contributed by atoms with Crippen molar-refractivity contribution in [2.24, 2.45) is 0 Å². The third kappa shape index (κ3) is 2.91. The van der Waals surface area contributed by atoms with Crippen molar-refractivity contribution in [1.29, 1.82) is 0 Å². The van der Waals surface area contributed by atoms with Crippen LogP contribution in [0.4, 0.5) is 4.39 Å². The molecule has 0 fully saturated rings. The molecule has 0 spiro atoms. The molecular formula is C7H7BeFO2. The molecule has 0 heterocycles. The molecule has 0 aliphatic carbocycles. The van der Waals surface area contributed by atoms with Gasteiger partial charge >= 0.3 is 10.1 Å². The summed E-state index contributed by atoms with van der Waals surface area (Å²) in [5.74, 6) is -0.00495. The Morgan fingerprint density at radius 3 is 2.36 bits per heavy atom. The van der Waals surface area contributed by atoms with Crippen molar-refractivity contribution in [3.63, 3.8) is 0 Å². The first kappa shape index (κ1) is 9.79. The van der Waals surface area contributed by atoms with Crippen LogP contribution in [0.5, 0.6) is 5.75 Å². The van der Waals surface area contributed by atoms with Gasteiger partial charge in [-0.1, -0.05) is 0 Å². The van der Waals surface area contributed by atoms with Crippen LogP contribution in [0.25, 0.3) is 0 Å². The minimum Gasteiger partial charge on any atom is -1.00 e. The summed E-state index contributed by atoms with van der Waals surface area (Å²) in [6, 6.07) is 5.20. The average molecular weight is 151 g/mol. The Morgan fingerprint density at radius 2 is 1.91 bits per heavy atom.